The first-order valence-electron chi connectivity index (χ1n) is 6.82. The van der Waals surface area contributed by atoms with E-state index < -0.39 is 0 Å². The summed E-state index contributed by atoms with van der Waals surface area (Å²) in [5, 5.41) is 6.15. The first-order valence-corrected chi connectivity index (χ1v) is 8.02. The van der Waals surface area contributed by atoms with E-state index in [1.54, 1.807) is 23.5 Å². The monoisotopic (exact) mass is 326 g/mol. The van der Waals surface area contributed by atoms with Crippen LogP contribution in [0.15, 0.2) is 53.3 Å². The van der Waals surface area contributed by atoms with Crippen LogP contribution in [0.5, 0.6) is 0 Å². The smallest absolute Gasteiger partial charge is 0.267 e. The normalized spacial score (nSPS) is 11.4. The molecule has 2 aliphatic rings. The first-order chi connectivity index (χ1) is 10.6. The molecule has 0 spiro atoms. The molecule has 2 aromatic carbocycles. The number of halogens is 1. The van der Waals surface area contributed by atoms with Crippen molar-refractivity contribution < 1.29 is 0 Å². The summed E-state index contributed by atoms with van der Waals surface area (Å²) in [5.74, 6) is 0. The predicted molar refractivity (Wildman–Crippen MR) is 91.6 cm³/mol. The molecule has 0 unspecified atom stereocenters. The van der Waals surface area contributed by atoms with E-state index in [4.69, 9.17) is 11.6 Å². The number of rotatable bonds is 1. The van der Waals surface area contributed by atoms with E-state index in [2.05, 4.69) is 11.2 Å². The van der Waals surface area contributed by atoms with E-state index in [0.717, 1.165) is 20.7 Å². The Balaban J connectivity index is 2.12. The minimum absolute atomic E-state index is 0.100. The van der Waals surface area contributed by atoms with Crippen molar-refractivity contribution in [2.75, 3.05) is 0 Å². The van der Waals surface area contributed by atoms with E-state index in [1.807, 2.05) is 37.3 Å². The molecule has 108 valence electrons. The third-order valence-corrected chi connectivity index (χ3v) is 4.97. The predicted octanol–water partition coefficient (Wildman–Crippen LogP) is 4.51. The average molecular weight is 327 g/mol. The van der Waals surface area contributed by atoms with Crippen molar-refractivity contribution in [1.29, 1.82) is 0 Å². The SMILES string of the molecule is Cc1sc2ccccc2c2nn(-c3cccc(Cl)c3)c(=O)c1-2. The maximum Gasteiger partial charge on any atom is 0.282 e. The number of nitrogens with zero attached hydrogens (tertiary/aromatic N) is 2. The molecule has 0 aromatic heterocycles. The Labute approximate surface area is 135 Å². The third kappa shape index (κ3) is 1.95. The molecular weight excluding hydrogens is 316 g/mol. The zero-order valence-corrected chi connectivity index (χ0v) is 13.3. The van der Waals surface area contributed by atoms with Gasteiger partial charge in [-0.3, -0.25) is 4.79 Å². The van der Waals surface area contributed by atoms with Crippen molar-refractivity contribution in [1.82, 2.24) is 9.78 Å². The number of aryl methyl sites for hydroxylation is 1. The van der Waals surface area contributed by atoms with E-state index in [-0.39, 0.29) is 5.56 Å². The maximum absolute atomic E-state index is 12.8. The average Bonchev–Trinajstić information content (AvgIpc) is 2.86. The lowest BCUT2D eigenvalue weighted by atomic mass is 10.1. The second kappa shape index (κ2) is 4.93. The van der Waals surface area contributed by atoms with Crippen molar-refractivity contribution >= 4 is 33.0 Å². The minimum atomic E-state index is -0.100. The lowest BCUT2D eigenvalue weighted by Gasteiger charge is -2.03. The van der Waals surface area contributed by atoms with Crippen LogP contribution in [-0.4, -0.2) is 9.78 Å². The molecule has 0 fully saturated rings. The molecule has 2 heterocycles. The van der Waals surface area contributed by atoms with Crippen LogP contribution in [0.3, 0.4) is 0 Å². The van der Waals surface area contributed by atoms with Gasteiger partial charge >= 0.3 is 0 Å². The summed E-state index contributed by atoms with van der Waals surface area (Å²) in [4.78, 5) is 13.7. The molecule has 22 heavy (non-hydrogen) atoms. The highest BCUT2D eigenvalue weighted by Gasteiger charge is 2.21. The Morgan fingerprint density at radius 2 is 1.95 bits per heavy atom. The van der Waals surface area contributed by atoms with Gasteiger partial charge in [0, 0.05) is 20.0 Å². The van der Waals surface area contributed by atoms with E-state index >= 15 is 0 Å². The highest BCUT2D eigenvalue weighted by molar-refractivity contribution is 7.18. The Kier molecular flexibility index (Phi) is 3.03. The van der Waals surface area contributed by atoms with Crippen molar-refractivity contribution in [2.45, 2.75) is 6.92 Å². The molecule has 0 radical (unpaired) electrons. The number of hydrogen-bond donors (Lipinski definition) is 0. The zero-order valence-electron chi connectivity index (χ0n) is 11.7. The van der Waals surface area contributed by atoms with Crippen LogP contribution in [0, 0.1) is 6.92 Å². The van der Waals surface area contributed by atoms with Crippen LogP contribution in [0.25, 0.3) is 27.0 Å². The fourth-order valence-corrected chi connectivity index (χ4v) is 3.88. The molecule has 0 atom stereocenters. The van der Waals surface area contributed by atoms with Crippen LogP contribution >= 0.6 is 22.9 Å². The molecule has 2 aliphatic heterocycles. The van der Waals surface area contributed by atoms with Crippen molar-refractivity contribution in [3.05, 3.63) is 68.8 Å². The molecule has 0 amide bonds. The molecule has 0 aliphatic carbocycles. The van der Waals surface area contributed by atoms with Crippen LogP contribution in [0.2, 0.25) is 5.02 Å². The van der Waals surface area contributed by atoms with E-state index in [0.29, 0.717) is 16.3 Å². The van der Waals surface area contributed by atoms with Gasteiger partial charge in [-0.1, -0.05) is 35.9 Å². The topological polar surface area (TPSA) is 34.9 Å². The Morgan fingerprint density at radius 1 is 1.14 bits per heavy atom. The highest BCUT2D eigenvalue weighted by atomic mass is 35.5. The number of hydrogen-bond acceptors (Lipinski definition) is 3. The molecular formula is C17H11ClN2OS. The standard InChI is InChI=1S/C17H11ClN2OS/c1-10-15-16(13-7-2-3-8-14(13)22-10)19-20(17(15)21)12-6-4-5-11(18)9-12/h2-9H,1H3. The Hall–Kier alpha value is -2.17. The van der Waals surface area contributed by atoms with Crippen molar-refractivity contribution in [3.8, 4) is 16.9 Å². The summed E-state index contributed by atoms with van der Waals surface area (Å²) < 4.78 is 2.56. The van der Waals surface area contributed by atoms with Crippen LogP contribution in [0.1, 0.15) is 4.88 Å². The second-order valence-corrected chi connectivity index (χ2v) is 6.77. The molecule has 3 nitrogen and oxygen atoms in total. The fourth-order valence-electron chi connectivity index (χ4n) is 2.66. The van der Waals surface area contributed by atoms with Gasteiger partial charge in [-0.15, -0.1) is 11.3 Å². The number of benzene rings is 2. The third-order valence-electron chi connectivity index (χ3n) is 3.65. The van der Waals surface area contributed by atoms with Gasteiger partial charge in [-0.25, -0.2) is 0 Å². The van der Waals surface area contributed by atoms with Gasteiger partial charge in [0.05, 0.1) is 11.3 Å². The fraction of sp³-hybridized carbons (Fsp3) is 0.0588. The van der Waals surface area contributed by atoms with Gasteiger partial charge < -0.3 is 0 Å². The van der Waals surface area contributed by atoms with E-state index in [1.165, 1.54) is 4.68 Å². The van der Waals surface area contributed by atoms with Crippen LogP contribution < -0.4 is 5.56 Å². The largest absolute Gasteiger partial charge is 0.282 e. The molecule has 0 saturated heterocycles. The van der Waals surface area contributed by atoms with Crippen molar-refractivity contribution in [2.24, 2.45) is 0 Å². The lowest BCUT2D eigenvalue weighted by molar-refractivity contribution is 0.859. The molecule has 0 saturated carbocycles. The quantitative estimate of drug-likeness (QED) is 0.515. The molecule has 0 bridgehead atoms. The summed E-state index contributed by atoms with van der Waals surface area (Å²) in [5.41, 5.74) is 2.01. The molecule has 5 heteroatoms. The Bertz CT molecular complexity index is 1030. The summed E-state index contributed by atoms with van der Waals surface area (Å²) in [6.07, 6.45) is 0. The second-order valence-electron chi connectivity index (χ2n) is 5.07. The van der Waals surface area contributed by atoms with E-state index in [9.17, 15) is 4.79 Å². The summed E-state index contributed by atoms with van der Waals surface area (Å²) in [6.45, 7) is 1.96. The lowest BCUT2D eigenvalue weighted by Crippen LogP contribution is -2.14. The van der Waals surface area contributed by atoms with Gasteiger partial charge in [-0.05, 0) is 31.2 Å². The zero-order chi connectivity index (χ0) is 15.3. The maximum atomic E-state index is 12.8. The molecule has 2 aromatic rings. The minimum Gasteiger partial charge on any atom is -0.267 e. The summed E-state index contributed by atoms with van der Waals surface area (Å²) in [7, 11) is 0. The van der Waals surface area contributed by atoms with Gasteiger partial charge in [0.15, 0.2) is 0 Å². The Morgan fingerprint density at radius 3 is 2.77 bits per heavy atom. The summed E-state index contributed by atoms with van der Waals surface area (Å²) >= 11 is 7.65. The van der Waals surface area contributed by atoms with Gasteiger partial charge in [0.2, 0.25) is 0 Å². The number of fused-ring (bicyclic) bond motifs is 3. The van der Waals surface area contributed by atoms with Crippen LogP contribution in [-0.2, 0) is 0 Å². The van der Waals surface area contributed by atoms with Crippen LogP contribution in [0.4, 0.5) is 0 Å². The highest BCUT2D eigenvalue weighted by Crippen LogP contribution is 2.34. The first kappa shape index (κ1) is 13.5. The molecule has 4 rings (SSSR count). The molecule has 0 N–H and O–H groups in total. The summed E-state index contributed by atoms with van der Waals surface area (Å²) in [6, 6.07) is 15.2. The van der Waals surface area contributed by atoms with Gasteiger partial charge in [0.25, 0.3) is 5.56 Å². The van der Waals surface area contributed by atoms with Gasteiger partial charge in [0.1, 0.15) is 5.69 Å². The number of aromatic nitrogens is 2. The van der Waals surface area contributed by atoms with Crippen molar-refractivity contribution in [3.63, 3.8) is 0 Å². The van der Waals surface area contributed by atoms with Gasteiger partial charge in [-0.2, -0.15) is 9.78 Å².